The van der Waals surface area contributed by atoms with Crippen LogP contribution in [0.1, 0.15) is 23.8 Å². The van der Waals surface area contributed by atoms with Crippen molar-refractivity contribution in [2.45, 2.75) is 13.3 Å². The zero-order chi connectivity index (χ0) is 15.1. The fraction of sp³-hybridized carbons (Fsp3) is 0.250. The molecule has 0 aliphatic heterocycles. The van der Waals surface area contributed by atoms with Crippen LogP contribution in [0.2, 0.25) is 0 Å². The number of hydrogen-bond acceptors (Lipinski definition) is 4. The molecule has 0 aliphatic rings. The van der Waals surface area contributed by atoms with Gasteiger partial charge >= 0.3 is 5.97 Å². The summed E-state index contributed by atoms with van der Waals surface area (Å²) in [7, 11) is 0. The summed E-state index contributed by atoms with van der Waals surface area (Å²) in [5, 5.41) is 4.17. The molecule has 0 saturated heterocycles. The Labute approximate surface area is 123 Å². The standard InChI is InChI=1S/C16H18N2O3/c1-3-5-11-21-14-8-6-7-13(12-14)18-15(9-10-17-18)16(19)20-4-2/h3,6-10,12H,1,4-5,11H2,2H3. The molecule has 0 amide bonds. The van der Waals surface area contributed by atoms with Crippen molar-refractivity contribution in [1.82, 2.24) is 9.78 Å². The van der Waals surface area contributed by atoms with E-state index < -0.39 is 5.97 Å². The van der Waals surface area contributed by atoms with Gasteiger partial charge in [0.05, 0.1) is 25.1 Å². The zero-order valence-electron chi connectivity index (χ0n) is 12.0. The van der Waals surface area contributed by atoms with Gasteiger partial charge in [-0.2, -0.15) is 5.10 Å². The Bertz CT molecular complexity index is 619. The average molecular weight is 286 g/mol. The molecule has 0 saturated carbocycles. The molecule has 5 nitrogen and oxygen atoms in total. The number of ether oxygens (including phenoxy) is 2. The van der Waals surface area contributed by atoms with Crippen molar-refractivity contribution >= 4 is 5.97 Å². The second-order valence-corrected chi connectivity index (χ2v) is 4.27. The summed E-state index contributed by atoms with van der Waals surface area (Å²) in [5.74, 6) is 0.327. The predicted octanol–water partition coefficient (Wildman–Crippen LogP) is 3.00. The summed E-state index contributed by atoms with van der Waals surface area (Å²) in [5.41, 5.74) is 1.14. The number of carbonyl (C=O) groups is 1. The van der Waals surface area contributed by atoms with Crippen LogP contribution < -0.4 is 4.74 Å². The van der Waals surface area contributed by atoms with Crippen LogP contribution in [-0.4, -0.2) is 29.0 Å². The van der Waals surface area contributed by atoms with Gasteiger partial charge in [-0.25, -0.2) is 9.48 Å². The Hall–Kier alpha value is -2.56. The van der Waals surface area contributed by atoms with Gasteiger partial charge in [0, 0.05) is 6.07 Å². The van der Waals surface area contributed by atoms with Gasteiger partial charge < -0.3 is 9.47 Å². The molecule has 0 bridgehead atoms. The monoisotopic (exact) mass is 286 g/mol. The van der Waals surface area contributed by atoms with E-state index in [1.54, 1.807) is 29.9 Å². The highest BCUT2D eigenvalue weighted by atomic mass is 16.5. The van der Waals surface area contributed by atoms with Crippen molar-refractivity contribution < 1.29 is 14.3 Å². The lowest BCUT2D eigenvalue weighted by Gasteiger charge is -2.09. The van der Waals surface area contributed by atoms with Crippen molar-refractivity contribution in [1.29, 1.82) is 0 Å². The molecule has 1 aromatic carbocycles. The van der Waals surface area contributed by atoms with Crippen LogP contribution >= 0.6 is 0 Å². The number of carbonyl (C=O) groups excluding carboxylic acids is 1. The van der Waals surface area contributed by atoms with Crippen molar-refractivity contribution in [3.05, 3.63) is 54.9 Å². The summed E-state index contributed by atoms with van der Waals surface area (Å²) in [6.45, 7) is 6.32. The first-order chi connectivity index (χ1) is 10.3. The third kappa shape index (κ3) is 3.72. The molecule has 0 unspecified atom stereocenters. The molecule has 0 N–H and O–H groups in total. The largest absolute Gasteiger partial charge is 0.493 e. The van der Waals surface area contributed by atoms with E-state index in [2.05, 4.69) is 11.7 Å². The number of hydrogen-bond donors (Lipinski definition) is 0. The van der Waals surface area contributed by atoms with Crippen LogP contribution in [0.25, 0.3) is 5.69 Å². The van der Waals surface area contributed by atoms with Crippen LogP contribution in [0.5, 0.6) is 5.75 Å². The van der Waals surface area contributed by atoms with E-state index in [0.29, 0.717) is 18.9 Å². The molecule has 0 fully saturated rings. The molecule has 0 radical (unpaired) electrons. The quantitative estimate of drug-likeness (QED) is 0.446. The molecule has 0 spiro atoms. The Morgan fingerprint density at radius 1 is 1.43 bits per heavy atom. The zero-order valence-corrected chi connectivity index (χ0v) is 12.0. The SMILES string of the molecule is C=CCCOc1cccc(-n2nccc2C(=O)OCC)c1. The summed E-state index contributed by atoms with van der Waals surface area (Å²) in [6.07, 6.45) is 4.15. The fourth-order valence-electron chi connectivity index (χ4n) is 1.83. The molecule has 2 aromatic rings. The first-order valence-electron chi connectivity index (χ1n) is 6.81. The van der Waals surface area contributed by atoms with E-state index in [1.165, 1.54) is 0 Å². The van der Waals surface area contributed by atoms with Crippen LogP contribution in [-0.2, 0) is 4.74 Å². The van der Waals surface area contributed by atoms with Crippen molar-refractivity contribution in [2.24, 2.45) is 0 Å². The molecule has 21 heavy (non-hydrogen) atoms. The maximum absolute atomic E-state index is 11.9. The highest BCUT2D eigenvalue weighted by Gasteiger charge is 2.14. The normalized spacial score (nSPS) is 10.1. The first-order valence-corrected chi connectivity index (χ1v) is 6.81. The second kappa shape index (κ2) is 7.28. The fourth-order valence-corrected chi connectivity index (χ4v) is 1.83. The Kier molecular flexibility index (Phi) is 5.15. The minimum atomic E-state index is -0.395. The lowest BCUT2D eigenvalue weighted by atomic mass is 10.3. The molecule has 0 aliphatic carbocycles. The molecule has 110 valence electrons. The number of esters is 1. The topological polar surface area (TPSA) is 53.4 Å². The highest BCUT2D eigenvalue weighted by molar-refractivity contribution is 5.88. The van der Waals surface area contributed by atoms with Crippen LogP contribution in [0.3, 0.4) is 0 Å². The summed E-state index contributed by atoms with van der Waals surface area (Å²) in [6, 6.07) is 9.04. The summed E-state index contributed by atoms with van der Waals surface area (Å²) in [4.78, 5) is 11.9. The number of nitrogens with zero attached hydrogens (tertiary/aromatic N) is 2. The lowest BCUT2D eigenvalue weighted by Crippen LogP contribution is -2.12. The van der Waals surface area contributed by atoms with E-state index in [4.69, 9.17) is 9.47 Å². The minimum absolute atomic E-state index is 0.328. The van der Waals surface area contributed by atoms with Gasteiger partial charge in [0.1, 0.15) is 5.75 Å². The smallest absolute Gasteiger partial charge is 0.357 e. The van der Waals surface area contributed by atoms with Gasteiger partial charge in [-0.3, -0.25) is 0 Å². The van der Waals surface area contributed by atoms with Crippen LogP contribution in [0.4, 0.5) is 0 Å². The van der Waals surface area contributed by atoms with Gasteiger partial charge in [0.25, 0.3) is 0 Å². The van der Waals surface area contributed by atoms with Gasteiger partial charge in [-0.1, -0.05) is 12.1 Å². The van der Waals surface area contributed by atoms with Crippen LogP contribution in [0.15, 0.2) is 49.2 Å². The van der Waals surface area contributed by atoms with Crippen molar-refractivity contribution in [3.8, 4) is 11.4 Å². The first kappa shape index (κ1) is 14.8. The summed E-state index contributed by atoms with van der Waals surface area (Å²) >= 11 is 0. The molecule has 0 atom stereocenters. The van der Waals surface area contributed by atoms with E-state index in [1.807, 2.05) is 24.3 Å². The number of benzene rings is 1. The Morgan fingerprint density at radius 3 is 3.05 bits per heavy atom. The third-order valence-corrected chi connectivity index (χ3v) is 2.78. The maximum Gasteiger partial charge on any atom is 0.357 e. The van der Waals surface area contributed by atoms with E-state index >= 15 is 0 Å². The van der Waals surface area contributed by atoms with Gasteiger partial charge in [-0.15, -0.1) is 6.58 Å². The van der Waals surface area contributed by atoms with Crippen molar-refractivity contribution in [3.63, 3.8) is 0 Å². The van der Waals surface area contributed by atoms with Crippen LogP contribution in [0, 0.1) is 0 Å². The third-order valence-electron chi connectivity index (χ3n) is 2.78. The van der Waals surface area contributed by atoms with E-state index in [0.717, 1.165) is 17.9 Å². The Balaban J connectivity index is 2.22. The van der Waals surface area contributed by atoms with E-state index in [-0.39, 0.29) is 0 Å². The maximum atomic E-state index is 11.9. The molecular formula is C16H18N2O3. The molecule has 1 aromatic heterocycles. The molecular weight excluding hydrogens is 268 g/mol. The lowest BCUT2D eigenvalue weighted by molar-refractivity contribution is 0.0515. The number of aromatic nitrogens is 2. The molecule has 5 heteroatoms. The van der Waals surface area contributed by atoms with Gasteiger partial charge in [0.2, 0.25) is 0 Å². The minimum Gasteiger partial charge on any atom is -0.493 e. The molecule has 1 heterocycles. The highest BCUT2D eigenvalue weighted by Crippen LogP contribution is 2.18. The molecule has 2 rings (SSSR count). The average Bonchev–Trinajstić information content (AvgIpc) is 2.98. The Morgan fingerprint density at radius 2 is 2.29 bits per heavy atom. The van der Waals surface area contributed by atoms with E-state index in [9.17, 15) is 4.79 Å². The van der Waals surface area contributed by atoms with Gasteiger partial charge in [-0.05, 0) is 31.5 Å². The second-order valence-electron chi connectivity index (χ2n) is 4.27. The summed E-state index contributed by atoms with van der Waals surface area (Å²) < 4.78 is 12.2. The predicted molar refractivity (Wildman–Crippen MR) is 79.8 cm³/mol. The van der Waals surface area contributed by atoms with Crippen molar-refractivity contribution in [2.75, 3.05) is 13.2 Å². The van der Waals surface area contributed by atoms with Gasteiger partial charge in [0.15, 0.2) is 5.69 Å². The number of rotatable bonds is 7.